The summed E-state index contributed by atoms with van der Waals surface area (Å²) < 4.78 is 97.0. The predicted molar refractivity (Wildman–Crippen MR) is 85.3 cm³/mol. The summed E-state index contributed by atoms with van der Waals surface area (Å²) in [5, 5.41) is 0. The minimum atomic E-state index is -5.84. The van der Waals surface area contributed by atoms with Crippen LogP contribution in [0, 0.1) is 0 Å². The van der Waals surface area contributed by atoms with Gasteiger partial charge in [0, 0.05) is 18.7 Å². The summed E-state index contributed by atoms with van der Waals surface area (Å²) in [6, 6.07) is 4.54. The molecule has 6 nitrogen and oxygen atoms in total. The number of methoxy groups -OCH3 is 1. The van der Waals surface area contributed by atoms with Gasteiger partial charge in [0.25, 0.3) is 6.02 Å². The van der Waals surface area contributed by atoms with Crippen LogP contribution in [-0.4, -0.2) is 68.2 Å². The van der Waals surface area contributed by atoms with E-state index < -0.39 is 29.9 Å². The first kappa shape index (κ1) is 20.2. The molecule has 0 radical (unpaired) electrons. The summed E-state index contributed by atoms with van der Waals surface area (Å²) in [5.41, 5.74) is -4.79. The van der Waals surface area contributed by atoms with E-state index in [4.69, 9.17) is 14.2 Å². The van der Waals surface area contributed by atoms with Crippen molar-refractivity contribution in [2.45, 2.75) is 18.0 Å². The van der Waals surface area contributed by atoms with Crippen LogP contribution in [0.25, 0.3) is 0 Å². The van der Waals surface area contributed by atoms with Crippen molar-refractivity contribution < 1.29 is 40.6 Å². The van der Waals surface area contributed by atoms with E-state index in [0.717, 1.165) is 4.90 Å². The second-order valence-corrected chi connectivity index (χ2v) is 5.91. The molecule has 0 N–H and O–H groups in total. The molecule has 0 aliphatic carbocycles. The number of ether oxygens (including phenoxy) is 3. The quantitative estimate of drug-likeness (QED) is 0.703. The summed E-state index contributed by atoms with van der Waals surface area (Å²) in [6.07, 6.45) is -11.7. The van der Waals surface area contributed by atoms with Crippen molar-refractivity contribution >= 4 is 11.9 Å². The van der Waals surface area contributed by atoms with Gasteiger partial charge in [-0.15, -0.1) is 0 Å². The lowest BCUT2D eigenvalue weighted by Gasteiger charge is -2.37. The number of morpholine rings is 1. The lowest BCUT2D eigenvalue weighted by atomic mass is 10.1. The maximum Gasteiger partial charge on any atom is 0.443 e. The predicted octanol–water partition coefficient (Wildman–Crippen LogP) is 2.98. The second kappa shape index (κ2) is 7.15. The van der Waals surface area contributed by atoms with Crippen molar-refractivity contribution in [1.29, 1.82) is 0 Å². The Morgan fingerprint density at radius 3 is 2.25 bits per heavy atom. The van der Waals surface area contributed by atoms with E-state index in [1.54, 1.807) is 0 Å². The second-order valence-electron chi connectivity index (χ2n) is 5.91. The van der Waals surface area contributed by atoms with Crippen molar-refractivity contribution in [3.05, 3.63) is 29.8 Å². The van der Waals surface area contributed by atoms with Crippen molar-refractivity contribution in [1.82, 2.24) is 4.90 Å². The maximum absolute atomic E-state index is 13.6. The Kier molecular flexibility index (Phi) is 5.17. The molecule has 12 heteroatoms. The molecule has 0 unspecified atom stereocenters. The molecule has 0 bridgehead atoms. The van der Waals surface area contributed by atoms with Gasteiger partial charge < -0.3 is 19.1 Å². The van der Waals surface area contributed by atoms with E-state index in [-0.39, 0.29) is 37.6 Å². The molecule has 0 atom stereocenters. The third kappa shape index (κ3) is 3.60. The average Bonchev–Trinajstić information content (AvgIpc) is 2.66. The first-order chi connectivity index (χ1) is 13.1. The maximum atomic E-state index is 13.6. The Morgan fingerprint density at radius 2 is 1.68 bits per heavy atom. The molecule has 2 heterocycles. The van der Waals surface area contributed by atoms with Gasteiger partial charge in [-0.05, 0) is 18.2 Å². The normalized spacial score (nSPS) is 20.2. The van der Waals surface area contributed by atoms with Crippen LogP contribution >= 0.6 is 0 Å². The van der Waals surface area contributed by atoms with Gasteiger partial charge in [0.15, 0.2) is 0 Å². The van der Waals surface area contributed by atoms with Crippen molar-refractivity contribution in [3.63, 3.8) is 0 Å². The molecular weight excluding hydrogens is 396 g/mol. The summed E-state index contributed by atoms with van der Waals surface area (Å²) in [7, 11) is 1.30. The Bertz CT molecular complexity index is 771. The molecule has 1 saturated heterocycles. The third-order valence-corrected chi connectivity index (χ3v) is 4.10. The zero-order valence-electron chi connectivity index (χ0n) is 14.5. The highest BCUT2D eigenvalue weighted by molar-refractivity contribution is 6.03. The van der Waals surface area contributed by atoms with Crippen LogP contribution < -0.4 is 4.74 Å². The summed E-state index contributed by atoms with van der Waals surface area (Å²) in [6.45, 7) is 0.268. The molecule has 154 valence electrons. The van der Waals surface area contributed by atoms with Crippen LogP contribution in [0.1, 0.15) is 5.56 Å². The zero-order chi connectivity index (χ0) is 20.6. The van der Waals surface area contributed by atoms with Gasteiger partial charge in [0.05, 0.1) is 20.3 Å². The van der Waals surface area contributed by atoms with Gasteiger partial charge in [0.2, 0.25) is 5.90 Å². The number of nitrogens with zero attached hydrogens (tertiary/aromatic N) is 3. The highest BCUT2D eigenvalue weighted by Crippen LogP contribution is 2.49. The van der Waals surface area contributed by atoms with Gasteiger partial charge >= 0.3 is 18.0 Å². The molecule has 1 fully saturated rings. The van der Waals surface area contributed by atoms with E-state index in [0.29, 0.717) is 0 Å². The van der Waals surface area contributed by atoms with Crippen LogP contribution in [0.15, 0.2) is 34.3 Å². The molecule has 2 aliphatic heterocycles. The molecule has 1 aromatic carbocycles. The first-order valence-electron chi connectivity index (χ1n) is 8.05. The molecule has 0 spiro atoms. The Morgan fingerprint density at radius 1 is 1.04 bits per heavy atom. The largest absolute Gasteiger partial charge is 0.497 e. The van der Waals surface area contributed by atoms with Crippen LogP contribution in [-0.2, 0) is 9.47 Å². The molecular formula is C16H15F6N3O3. The Balaban J connectivity index is 2.15. The molecule has 0 amide bonds. The van der Waals surface area contributed by atoms with E-state index in [9.17, 15) is 26.3 Å². The summed E-state index contributed by atoms with van der Waals surface area (Å²) in [4.78, 5) is 6.94. The van der Waals surface area contributed by atoms with Gasteiger partial charge in [0.1, 0.15) is 5.75 Å². The first-order valence-corrected chi connectivity index (χ1v) is 8.05. The summed E-state index contributed by atoms with van der Waals surface area (Å²) >= 11 is 0. The highest BCUT2D eigenvalue weighted by atomic mass is 19.4. The topological polar surface area (TPSA) is 55.7 Å². The number of alkyl halides is 6. The molecule has 2 aliphatic rings. The lowest BCUT2D eigenvalue weighted by Crippen LogP contribution is -2.58. The van der Waals surface area contributed by atoms with E-state index in [1.807, 2.05) is 0 Å². The number of rotatable bonds is 2. The Labute approximate surface area is 155 Å². The standard InChI is InChI=1S/C16H15F6N3O3/c1-26-11-4-2-3-10(9-11)12-23-14(15(17,18)19,16(20,21)22)24-13(28-12)25-5-7-27-8-6-25/h2-4,9H,5-8H2,1H3. The lowest BCUT2D eigenvalue weighted by molar-refractivity contribution is -0.293. The van der Waals surface area contributed by atoms with E-state index >= 15 is 0 Å². The van der Waals surface area contributed by atoms with Gasteiger partial charge in [-0.3, -0.25) is 0 Å². The average molecular weight is 411 g/mol. The molecule has 28 heavy (non-hydrogen) atoms. The van der Waals surface area contributed by atoms with Gasteiger partial charge in [-0.2, -0.15) is 31.3 Å². The van der Waals surface area contributed by atoms with Crippen LogP contribution in [0.4, 0.5) is 26.3 Å². The van der Waals surface area contributed by atoms with Crippen LogP contribution in [0.3, 0.4) is 0 Å². The third-order valence-electron chi connectivity index (χ3n) is 4.10. The monoisotopic (exact) mass is 411 g/mol. The molecule has 0 saturated carbocycles. The van der Waals surface area contributed by atoms with E-state index in [1.165, 1.54) is 31.4 Å². The number of hydrogen-bond donors (Lipinski definition) is 0. The smallest absolute Gasteiger partial charge is 0.443 e. The van der Waals surface area contributed by atoms with Crippen molar-refractivity contribution in [2.24, 2.45) is 9.98 Å². The SMILES string of the molecule is COc1cccc(C2=NC(C(F)(F)F)(C(F)(F)F)N=C(N3CCOCC3)O2)c1. The van der Waals surface area contributed by atoms with Crippen molar-refractivity contribution in [2.75, 3.05) is 33.4 Å². The number of benzene rings is 1. The fourth-order valence-electron chi connectivity index (χ4n) is 2.63. The van der Waals surface area contributed by atoms with Crippen LogP contribution in [0.2, 0.25) is 0 Å². The highest BCUT2D eigenvalue weighted by Gasteiger charge is 2.74. The summed E-state index contributed by atoms with van der Waals surface area (Å²) in [5.74, 6) is -0.645. The fraction of sp³-hybridized carbons (Fsp3) is 0.500. The number of aliphatic imine (C=N–C) groups is 2. The zero-order valence-corrected chi connectivity index (χ0v) is 14.5. The van der Waals surface area contributed by atoms with Crippen molar-refractivity contribution in [3.8, 4) is 5.75 Å². The molecule has 3 rings (SSSR count). The van der Waals surface area contributed by atoms with E-state index in [2.05, 4.69) is 9.98 Å². The number of halogens is 6. The fourth-order valence-corrected chi connectivity index (χ4v) is 2.63. The van der Waals surface area contributed by atoms with Gasteiger partial charge in [-0.25, -0.2) is 4.99 Å². The minimum Gasteiger partial charge on any atom is -0.497 e. The number of hydrogen-bond acceptors (Lipinski definition) is 6. The Hall–Kier alpha value is -2.50. The molecule has 1 aromatic rings. The van der Waals surface area contributed by atoms with Crippen LogP contribution in [0.5, 0.6) is 5.75 Å². The van der Waals surface area contributed by atoms with Gasteiger partial charge in [-0.1, -0.05) is 6.07 Å². The molecule has 0 aromatic heterocycles. The number of amidine groups is 1. The minimum absolute atomic E-state index is 0.0238.